The fraction of sp³-hybridized carbons (Fsp3) is 0.562. The van der Waals surface area contributed by atoms with E-state index in [0.717, 1.165) is 6.42 Å². The van der Waals surface area contributed by atoms with E-state index in [-0.39, 0.29) is 12.1 Å². The Morgan fingerprint density at radius 3 is 2.47 bits per heavy atom. The topological polar surface area (TPSA) is 38.3 Å². The first-order valence-corrected chi connectivity index (χ1v) is 6.97. The van der Waals surface area contributed by atoms with Gasteiger partial charge in [0.1, 0.15) is 5.60 Å². The second-order valence-electron chi connectivity index (χ2n) is 6.28. The number of carbonyl (C=O) groups excluding carboxylic acids is 1. The van der Waals surface area contributed by atoms with Gasteiger partial charge in [-0.3, -0.25) is 0 Å². The van der Waals surface area contributed by atoms with Gasteiger partial charge in [-0.1, -0.05) is 30.3 Å². The van der Waals surface area contributed by atoms with Gasteiger partial charge in [0.2, 0.25) is 0 Å². The molecule has 1 aliphatic carbocycles. The Morgan fingerprint density at radius 1 is 1.32 bits per heavy atom. The van der Waals surface area contributed by atoms with Gasteiger partial charge in [0, 0.05) is 6.04 Å². The maximum absolute atomic E-state index is 11.9. The van der Waals surface area contributed by atoms with Crippen LogP contribution < -0.4 is 5.32 Å². The largest absolute Gasteiger partial charge is 0.444 e. The number of ether oxygens (including phenoxy) is 1. The Balaban J connectivity index is 1.92. The minimum atomic E-state index is -0.440. The van der Waals surface area contributed by atoms with Crippen LogP contribution in [0.3, 0.4) is 0 Å². The van der Waals surface area contributed by atoms with Crippen LogP contribution in [0.1, 0.15) is 39.2 Å². The number of hydrogen-bond acceptors (Lipinski definition) is 2. The van der Waals surface area contributed by atoms with Crippen molar-refractivity contribution in [1.29, 1.82) is 0 Å². The van der Waals surface area contributed by atoms with E-state index < -0.39 is 5.60 Å². The molecule has 3 heteroatoms. The quantitative estimate of drug-likeness (QED) is 0.900. The zero-order valence-electron chi connectivity index (χ0n) is 12.0. The number of nitrogens with one attached hydrogen (secondary N) is 1. The Kier molecular flexibility index (Phi) is 4.13. The van der Waals surface area contributed by atoms with Crippen LogP contribution in [0.4, 0.5) is 4.79 Å². The smallest absolute Gasteiger partial charge is 0.407 e. The van der Waals surface area contributed by atoms with E-state index in [1.807, 2.05) is 39.0 Å². The molecule has 19 heavy (non-hydrogen) atoms. The van der Waals surface area contributed by atoms with Crippen molar-refractivity contribution >= 4 is 6.09 Å². The van der Waals surface area contributed by atoms with Gasteiger partial charge in [0.15, 0.2) is 0 Å². The highest BCUT2D eigenvalue weighted by Crippen LogP contribution is 2.34. The van der Waals surface area contributed by atoms with Crippen molar-refractivity contribution < 1.29 is 9.53 Å². The maximum atomic E-state index is 11.9. The predicted octanol–water partition coefficient (Wildman–Crippen LogP) is 3.53. The van der Waals surface area contributed by atoms with E-state index in [0.29, 0.717) is 5.92 Å². The summed E-state index contributed by atoms with van der Waals surface area (Å²) in [6, 6.07) is 10.5. The van der Waals surface area contributed by atoms with E-state index in [2.05, 4.69) is 17.4 Å². The number of hydrogen-bond donors (Lipinski definition) is 1. The van der Waals surface area contributed by atoms with Crippen LogP contribution >= 0.6 is 0 Å². The number of rotatable bonds is 4. The third kappa shape index (κ3) is 4.93. The van der Waals surface area contributed by atoms with Crippen LogP contribution in [-0.4, -0.2) is 17.7 Å². The highest BCUT2D eigenvalue weighted by atomic mass is 16.6. The molecule has 1 aliphatic rings. The van der Waals surface area contributed by atoms with Crippen LogP contribution in [0.5, 0.6) is 0 Å². The van der Waals surface area contributed by atoms with E-state index in [9.17, 15) is 4.79 Å². The molecule has 1 unspecified atom stereocenters. The minimum absolute atomic E-state index is 0.192. The van der Waals surface area contributed by atoms with Crippen molar-refractivity contribution in [1.82, 2.24) is 5.32 Å². The van der Waals surface area contributed by atoms with E-state index in [4.69, 9.17) is 4.74 Å². The molecule has 0 aromatic heterocycles. The van der Waals surface area contributed by atoms with Crippen molar-refractivity contribution in [3.05, 3.63) is 35.9 Å². The summed E-state index contributed by atoms with van der Waals surface area (Å²) in [6.45, 7) is 5.65. The first-order valence-electron chi connectivity index (χ1n) is 6.97. The molecule has 0 bridgehead atoms. The average molecular weight is 261 g/mol. The average Bonchev–Trinajstić information content (AvgIpc) is 3.10. The Bertz CT molecular complexity index is 418. The number of amides is 1. The van der Waals surface area contributed by atoms with Crippen LogP contribution in [0.2, 0.25) is 0 Å². The molecule has 0 spiro atoms. The molecule has 0 saturated heterocycles. The molecule has 3 nitrogen and oxygen atoms in total. The molecule has 0 radical (unpaired) electrons. The first kappa shape index (κ1) is 13.9. The SMILES string of the molecule is CC(C)(C)OC(=O)NC(Cc1ccccc1)C1CC1. The molecule has 0 aliphatic heterocycles. The van der Waals surface area contributed by atoms with Crippen molar-refractivity contribution in [3.63, 3.8) is 0 Å². The monoisotopic (exact) mass is 261 g/mol. The molecule has 1 aromatic rings. The lowest BCUT2D eigenvalue weighted by Crippen LogP contribution is -2.41. The van der Waals surface area contributed by atoms with E-state index in [1.165, 1.54) is 18.4 Å². The second-order valence-corrected chi connectivity index (χ2v) is 6.28. The van der Waals surface area contributed by atoms with Crippen molar-refractivity contribution in [2.75, 3.05) is 0 Å². The van der Waals surface area contributed by atoms with Crippen molar-refractivity contribution in [3.8, 4) is 0 Å². The summed E-state index contributed by atoms with van der Waals surface area (Å²) in [4.78, 5) is 11.9. The molecule has 1 fully saturated rings. The molecule has 1 atom stereocenters. The zero-order valence-corrected chi connectivity index (χ0v) is 12.0. The molecular formula is C16H23NO2. The third-order valence-electron chi connectivity index (χ3n) is 3.19. The number of carbonyl (C=O) groups is 1. The van der Waals surface area contributed by atoms with Gasteiger partial charge < -0.3 is 10.1 Å². The molecule has 104 valence electrons. The Morgan fingerprint density at radius 2 is 1.95 bits per heavy atom. The summed E-state index contributed by atoms with van der Waals surface area (Å²) in [5, 5.41) is 3.02. The predicted molar refractivity (Wildman–Crippen MR) is 76.0 cm³/mol. The molecule has 0 heterocycles. The highest BCUT2D eigenvalue weighted by Gasteiger charge is 2.33. The van der Waals surface area contributed by atoms with Gasteiger partial charge in [0.05, 0.1) is 0 Å². The molecular weight excluding hydrogens is 238 g/mol. The number of benzene rings is 1. The van der Waals surface area contributed by atoms with E-state index in [1.54, 1.807) is 0 Å². The number of alkyl carbamates (subject to hydrolysis) is 1. The molecule has 2 rings (SSSR count). The van der Waals surface area contributed by atoms with Gasteiger partial charge in [-0.2, -0.15) is 0 Å². The third-order valence-corrected chi connectivity index (χ3v) is 3.19. The van der Waals surface area contributed by atoms with Crippen LogP contribution in [0.25, 0.3) is 0 Å². The summed E-state index contributed by atoms with van der Waals surface area (Å²) >= 11 is 0. The minimum Gasteiger partial charge on any atom is -0.444 e. The molecule has 1 amide bonds. The maximum Gasteiger partial charge on any atom is 0.407 e. The van der Waals surface area contributed by atoms with Gasteiger partial charge in [0.25, 0.3) is 0 Å². The highest BCUT2D eigenvalue weighted by molar-refractivity contribution is 5.68. The summed E-state index contributed by atoms with van der Waals surface area (Å²) in [7, 11) is 0. The Hall–Kier alpha value is -1.51. The van der Waals surface area contributed by atoms with Crippen LogP contribution in [-0.2, 0) is 11.2 Å². The van der Waals surface area contributed by atoms with Gasteiger partial charge >= 0.3 is 6.09 Å². The van der Waals surface area contributed by atoms with Crippen LogP contribution in [0.15, 0.2) is 30.3 Å². The summed E-state index contributed by atoms with van der Waals surface area (Å²) < 4.78 is 5.33. The first-order chi connectivity index (χ1) is 8.94. The van der Waals surface area contributed by atoms with Crippen molar-refractivity contribution in [2.24, 2.45) is 5.92 Å². The second kappa shape index (κ2) is 5.64. The van der Waals surface area contributed by atoms with E-state index >= 15 is 0 Å². The molecule has 1 N–H and O–H groups in total. The summed E-state index contributed by atoms with van der Waals surface area (Å²) in [5.74, 6) is 0.604. The Labute approximate surface area is 115 Å². The normalized spacial score (nSPS) is 16.8. The fourth-order valence-electron chi connectivity index (χ4n) is 2.16. The lowest BCUT2D eigenvalue weighted by molar-refractivity contribution is 0.0498. The zero-order chi connectivity index (χ0) is 13.9. The van der Waals surface area contributed by atoms with Gasteiger partial charge in [-0.15, -0.1) is 0 Å². The van der Waals surface area contributed by atoms with Gasteiger partial charge in [-0.05, 0) is 51.5 Å². The summed E-state index contributed by atoms with van der Waals surface area (Å²) in [6.07, 6.45) is 2.98. The lowest BCUT2D eigenvalue weighted by atomic mass is 10.0. The molecule has 1 aromatic carbocycles. The van der Waals surface area contributed by atoms with Crippen LogP contribution in [0, 0.1) is 5.92 Å². The summed E-state index contributed by atoms with van der Waals surface area (Å²) in [5.41, 5.74) is 0.820. The standard InChI is InChI=1S/C16H23NO2/c1-16(2,3)19-15(18)17-14(13-9-10-13)11-12-7-5-4-6-8-12/h4-8,13-14H,9-11H2,1-3H3,(H,17,18). The van der Waals surface area contributed by atoms with Gasteiger partial charge in [-0.25, -0.2) is 4.79 Å². The molecule has 1 saturated carbocycles. The van der Waals surface area contributed by atoms with Crippen molar-refractivity contribution in [2.45, 2.75) is 51.7 Å². The lowest BCUT2D eigenvalue weighted by Gasteiger charge is -2.23. The fourth-order valence-corrected chi connectivity index (χ4v) is 2.16.